The zero-order chi connectivity index (χ0) is 14.4. The van der Waals surface area contributed by atoms with Crippen molar-refractivity contribution in [2.24, 2.45) is 0 Å². The molecule has 0 unspecified atom stereocenters. The number of aromatic amines is 1. The summed E-state index contributed by atoms with van der Waals surface area (Å²) in [6.45, 7) is 0.797. The molecular formula is C13H16N4O3. The zero-order valence-corrected chi connectivity index (χ0v) is 11.1. The van der Waals surface area contributed by atoms with Crippen molar-refractivity contribution in [1.29, 1.82) is 0 Å². The largest absolute Gasteiger partial charge is 0.383 e. The number of hydrogen-bond donors (Lipinski definition) is 3. The number of nitrogens with one attached hydrogen (secondary N) is 3. The Hall–Kier alpha value is -2.41. The van der Waals surface area contributed by atoms with Crippen LogP contribution in [0.3, 0.4) is 0 Å². The summed E-state index contributed by atoms with van der Waals surface area (Å²) in [5.74, 6) is -0.554. The molecule has 0 fully saturated rings. The van der Waals surface area contributed by atoms with Crippen molar-refractivity contribution in [2.45, 2.75) is 0 Å². The van der Waals surface area contributed by atoms with Crippen LogP contribution in [-0.4, -0.2) is 48.6 Å². The van der Waals surface area contributed by atoms with Gasteiger partial charge >= 0.3 is 0 Å². The zero-order valence-electron chi connectivity index (χ0n) is 11.1. The van der Waals surface area contributed by atoms with Crippen molar-refractivity contribution in [3.8, 4) is 0 Å². The number of rotatable bonds is 6. The summed E-state index contributed by atoms with van der Waals surface area (Å²) in [5, 5.41) is 5.18. The van der Waals surface area contributed by atoms with Crippen LogP contribution in [0.1, 0.15) is 10.4 Å². The summed E-state index contributed by atoms with van der Waals surface area (Å²) < 4.78 is 4.81. The van der Waals surface area contributed by atoms with E-state index in [1.165, 1.54) is 0 Å². The summed E-state index contributed by atoms with van der Waals surface area (Å²) in [6.07, 6.45) is 1.57. The summed E-state index contributed by atoms with van der Waals surface area (Å²) >= 11 is 0. The molecule has 20 heavy (non-hydrogen) atoms. The van der Waals surface area contributed by atoms with E-state index in [0.717, 1.165) is 11.0 Å². The van der Waals surface area contributed by atoms with Crippen LogP contribution in [0.2, 0.25) is 0 Å². The SMILES string of the molecule is COCCNC(=O)CNC(=O)c1ccc2nc[nH]c2c1. The molecule has 2 amide bonds. The fourth-order valence-electron chi connectivity index (χ4n) is 1.69. The van der Waals surface area contributed by atoms with Crippen LogP contribution in [0.25, 0.3) is 11.0 Å². The Morgan fingerprint density at radius 1 is 1.35 bits per heavy atom. The lowest BCUT2D eigenvalue weighted by Gasteiger charge is -2.06. The van der Waals surface area contributed by atoms with Crippen molar-refractivity contribution in [2.75, 3.05) is 26.8 Å². The number of H-pyrrole nitrogens is 1. The van der Waals surface area contributed by atoms with E-state index in [2.05, 4.69) is 20.6 Å². The second-order valence-corrected chi connectivity index (χ2v) is 4.16. The fourth-order valence-corrected chi connectivity index (χ4v) is 1.69. The first-order valence-electron chi connectivity index (χ1n) is 6.17. The van der Waals surface area contributed by atoms with Crippen LogP contribution in [0.15, 0.2) is 24.5 Å². The smallest absolute Gasteiger partial charge is 0.251 e. The maximum atomic E-state index is 11.9. The highest BCUT2D eigenvalue weighted by molar-refractivity contribution is 5.98. The quantitative estimate of drug-likeness (QED) is 0.650. The molecule has 106 valence electrons. The van der Waals surface area contributed by atoms with E-state index in [1.807, 2.05) is 0 Å². The van der Waals surface area contributed by atoms with E-state index in [-0.39, 0.29) is 18.4 Å². The lowest BCUT2D eigenvalue weighted by atomic mass is 10.2. The van der Waals surface area contributed by atoms with Crippen LogP contribution < -0.4 is 10.6 Å². The molecule has 0 saturated carbocycles. The van der Waals surface area contributed by atoms with Crippen molar-refractivity contribution >= 4 is 22.8 Å². The van der Waals surface area contributed by atoms with E-state index < -0.39 is 0 Å². The summed E-state index contributed by atoms with van der Waals surface area (Å²) in [5.41, 5.74) is 2.05. The van der Waals surface area contributed by atoms with Gasteiger partial charge in [0.25, 0.3) is 5.91 Å². The van der Waals surface area contributed by atoms with Crippen molar-refractivity contribution in [1.82, 2.24) is 20.6 Å². The monoisotopic (exact) mass is 276 g/mol. The molecule has 1 heterocycles. The minimum atomic E-state index is -0.302. The van der Waals surface area contributed by atoms with Gasteiger partial charge in [0, 0.05) is 19.2 Å². The number of imidazole rings is 1. The average Bonchev–Trinajstić information content (AvgIpc) is 2.92. The molecule has 0 atom stereocenters. The van der Waals surface area contributed by atoms with Crippen LogP contribution >= 0.6 is 0 Å². The molecule has 0 radical (unpaired) electrons. The summed E-state index contributed by atoms with van der Waals surface area (Å²) in [4.78, 5) is 30.3. The minimum absolute atomic E-state index is 0.0659. The second kappa shape index (κ2) is 6.67. The molecule has 1 aromatic carbocycles. The predicted molar refractivity (Wildman–Crippen MR) is 73.3 cm³/mol. The van der Waals surface area contributed by atoms with E-state index >= 15 is 0 Å². The third-order valence-corrected chi connectivity index (χ3v) is 2.72. The molecule has 7 nitrogen and oxygen atoms in total. The average molecular weight is 276 g/mol. The van der Waals surface area contributed by atoms with E-state index in [1.54, 1.807) is 31.6 Å². The van der Waals surface area contributed by atoms with Crippen molar-refractivity contribution in [3.05, 3.63) is 30.1 Å². The fraction of sp³-hybridized carbons (Fsp3) is 0.308. The Morgan fingerprint density at radius 3 is 3.00 bits per heavy atom. The maximum Gasteiger partial charge on any atom is 0.251 e. The predicted octanol–water partition coefficient (Wildman–Crippen LogP) is 0.0553. The molecule has 0 aliphatic heterocycles. The molecular weight excluding hydrogens is 260 g/mol. The minimum Gasteiger partial charge on any atom is -0.383 e. The van der Waals surface area contributed by atoms with Gasteiger partial charge in [-0.25, -0.2) is 4.98 Å². The van der Waals surface area contributed by atoms with Crippen molar-refractivity contribution in [3.63, 3.8) is 0 Å². The van der Waals surface area contributed by atoms with Gasteiger partial charge in [-0.15, -0.1) is 0 Å². The highest BCUT2D eigenvalue weighted by atomic mass is 16.5. The van der Waals surface area contributed by atoms with E-state index in [4.69, 9.17) is 4.74 Å². The molecule has 0 bridgehead atoms. The number of carbonyl (C=O) groups is 2. The first-order valence-corrected chi connectivity index (χ1v) is 6.17. The Morgan fingerprint density at radius 2 is 2.20 bits per heavy atom. The maximum absolute atomic E-state index is 11.9. The normalized spacial score (nSPS) is 10.4. The van der Waals surface area contributed by atoms with Gasteiger partial charge in [-0.2, -0.15) is 0 Å². The number of ether oxygens (including phenoxy) is 1. The topological polar surface area (TPSA) is 96.1 Å². The van der Waals surface area contributed by atoms with Crippen molar-refractivity contribution < 1.29 is 14.3 Å². The number of aromatic nitrogens is 2. The number of methoxy groups -OCH3 is 1. The van der Waals surface area contributed by atoms with Crippen LogP contribution in [0.5, 0.6) is 0 Å². The van der Waals surface area contributed by atoms with Gasteiger partial charge in [0.05, 0.1) is 30.5 Å². The molecule has 2 rings (SSSR count). The van der Waals surface area contributed by atoms with Gasteiger partial charge in [-0.05, 0) is 18.2 Å². The van der Waals surface area contributed by atoms with Crippen LogP contribution in [0.4, 0.5) is 0 Å². The summed E-state index contributed by atoms with van der Waals surface area (Å²) in [6, 6.07) is 5.11. The third kappa shape index (κ3) is 3.55. The molecule has 0 saturated heterocycles. The highest BCUT2D eigenvalue weighted by Gasteiger charge is 2.09. The molecule has 7 heteroatoms. The Balaban J connectivity index is 1.86. The Bertz CT molecular complexity index is 608. The van der Waals surface area contributed by atoms with Gasteiger partial charge in [0.2, 0.25) is 5.91 Å². The van der Waals surface area contributed by atoms with Crippen LogP contribution in [0, 0.1) is 0 Å². The highest BCUT2D eigenvalue weighted by Crippen LogP contribution is 2.11. The second-order valence-electron chi connectivity index (χ2n) is 4.16. The first-order chi connectivity index (χ1) is 9.70. The molecule has 3 N–H and O–H groups in total. The number of hydrogen-bond acceptors (Lipinski definition) is 4. The first kappa shape index (κ1) is 14.0. The number of carbonyl (C=O) groups excluding carboxylic acids is 2. The Labute approximate surface area is 115 Å². The van der Waals surface area contributed by atoms with E-state index in [9.17, 15) is 9.59 Å². The molecule has 0 aliphatic rings. The number of amides is 2. The van der Waals surface area contributed by atoms with Gasteiger partial charge in [-0.3, -0.25) is 9.59 Å². The van der Waals surface area contributed by atoms with Gasteiger partial charge in [0.15, 0.2) is 0 Å². The number of nitrogens with zero attached hydrogens (tertiary/aromatic N) is 1. The van der Waals surface area contributed by atoms with Gasteiger partial charge < -0.3 is 20.4 Å². The third-order valence-electron chi connectivity index (χ3n) is 2.72. The number of benzene rings is 1. The van der Waals surface area contributed by atoms with Crippen LogP contribution in [-0.2, 0) is 9.53 Å². The lowest BCUT2D eigenvalue weighted by Crippen LogP contribution is -2.38. The Kier molecular flexibility index (Phi) is 4.67. The van der Waals surface area contributed by atoms with Gasteiger partial charge in [-0.1, -0.05) is 0 Å². The summed E-state index contributed by atoms with van der Waals surface area (Å²) in [7, 11) is 1.56. The molecule has 2 aromatic rings. The standard InChI is InChI=1S/C13H16N4O3/c1-20-5-4-14-12(18)7-15-13(19)9-2-3-10-11(6-9)17-8-16-10/h2-3,6,8H,4-5,7H2,1H3,(H,14,18)(H,15,19)(H,16,17). The molecule has 0 spiro atoms. The van der Waals surface area contributed by atoms with Gasteiger partial charge in [0.1, 0.15) is 0 Å². The molecule has 1 aromatic heterocycles. The lowest BCUT2D eigenvalue weighted by molar-refractivity contribution is -0.120. The molecule has 0 aliphatic carbocycles. The van der Waals surface area contributed by atoms with E-state index in [0.29, 0.717) is 18.7 Å². The number of fused-ring (bicyclic) bond motifs is 1.